The second-order valence-corrected chi connectivity index (χ2v) is 8.41. The number of ether oxygens (including phenoxy) is 2. The molecule has 1 aromatic heterocycles. The van der Waals surface area contributed by atoms with Crippen LogP contribution in [0.3, 0.4) is 0 Å². The van der Waals surface area contributed by atoms with Gasteiger partial charge in [-0.05, 0) is 80.3 Å². The maximum Gasteiger partial charge on any atom is 0.416 e. The van der Waals surface area contributed by atoms with Crippen molar-refractivity contribution in [2.24, 2.45) is 5.73 Å². The zero-order chi connectivity index (χ0) is 25.7. The zero-order valence-corrected chi connectivity index (χ0v) is 19.2. The van der Waals surface area contributed by atoms with Crippen molar-refractivity contribution < 1.29 is 32.2 Å². The second kappa shape index (κ2) is 10.7. The number of hydrogen-bond acceptors (Lipinski definition) is 5. The molecule has 7 nitrogen and oxygen atoms in total. The molecule has 3 N–H and O–H groups in total. The number of primary amides is 1. The van der Waals surface area contributed by atoms with Crippen LogP contribution in [0.2, 0.25) is 0 Å². The monoisotopic (exact) mass is 499 g/mol. The molecular formula is C26H24F3N3O4. The van der Waals surface area contributed by atoms with Gasteiger partial charge in [-0.2, -0.15) is 13.2 Å². The molecule has 1 saturated carbocycles. The van der Waals surface area contributed by atoms with Crippen LogP contribution in [0.15, 0.2) is 60.8 Å². The van der Waals surface area contributed by atoms with E-state index >= 15 is 0 Å². The molecule has 188 valence electrons. The van der Waals surface area contributed by atoms with Crippen LogP contribution in [0.4, 0.5) is 18.9 Å². The molecule has 36 heavy (non-hydrogen) atoms. The van der Waals surface area contributed by atoms with Gasteiger partial charge >= 0.3 is 6.18 Å². The van der Waals surface area contributed by atoms with Gasteiger partial charge in [0.25, 0.3) is 11.8 Å². The van der Waals surface area contributed by atoms with Gasteiger partial charge in [-0.3, -0.25) is 14.6 Å². The summed E-state index contributed by atoms with van der Waals surface area (Å²) in [7, 11) is 0. The molecule has 10 heteroatoms. The molecule has 0 aliphatic heterocycles. The summed E-state index contributed by atoms with van der Waals surface area (Å²) in [5.41, 5.74) is 3.87. The zero-order valence-electron chi connectivity index (χ0n) is 19.2. The summed E-state index contributed by atoms with van der Waals surface area (Å²) in [6.45, 7) is 0. The summed E-state index contributed by atoms with van der Waals surface area (Å²) < 4.78 is 51.8. The van der Waals surface area contributed by atoms with Crippen molar-refractivity contribution in [3.05, 3.63) is 77.6 Å². The van der Waals surface area contributed by atoms with Gasteiger partial charge in [-0.25, -0.2) is 0 Å². The molecule has 4 rings (SSSR count). The molecule has 0 spiro atoms. The molecule has 0 atom stereocenters. The first-order valence-corrected chi connectivity index (χ1v) is 11.4. The summed E-state index contributed by atoms with van der Waals surface area (Å²) in [5.74, 6) is -0.770. The average molecular weight is 499 g/mol. The number of rotatable bonds is 7. The molecule has 1 aliphatic carbocycles. The van der Waals surface area contributed by atoms with Gasteiger partial charge in [0, 0.05) is 11.9 Å². The Kier molecular flexibility index (Phi) is 7.42. The van der Waals surface area contributed by atoms with E-state index in [0.29, 0.717) is 17.6 Å². The van der Waals surface area contributed by atoms with E-state index in [1.165, 1.54) is 24.8 Å². The minimum absolute atomic E-state index is 0.0781. The van der Waals surface area contributed by atoms with E-state index in [2.05, 4.69) is 10.3 Å². The Morgan fingerprint density at radius 2 is 1.64 bits per heavy atom. The quantitative estimate of drug-likeness (QED) is 0.418. The second-order valence-electron chi connectivity index (χ2n) is 8.41. The lowest BCUT2D eigenvalue weighted by Gasteiger charge is -2.23. The smallest absolute Gasteiger partial charge is 0.416 e. The van der Waals surface area contributed by atoms with Gasteiger partial charge in [-0.15, -0.1) is 0 Å². The number of alkyl halides is 3. The van der Waals surface area contributed by atoms with Crippen molar-refractivity contribution in [1.29, 1.82) is 0 Å². The molecule has 3 aromatic rings. The first kappa shape index (κ1) is 25.0. The fraction of sp³-hybridized carbons (Fsp3) is 0.269. The third kappa shape index (κ3) is 6.32. The van der Waals surface area contributed by atoms with Crippen molar-refractivity contribution in [3.63, 3.8) is 0 Å². The SMILES string of the molecule is NC(=O)c1cc(NC(=O)c2cc(C(F)(F)F)ccc2Oc2ccc(OC3CCCCC3)cc2)ccn1. The summed E-state index contributed by atoms with van der Waals surface area (Å²) >= 11 is 0. The van der Waals surface area contributed by atoms with Crippen LogP contribution in [0.5, 0.6) is 17.2 Å². The van der Waals surface area contributed by atoms with Crippen molar-refractivity contribution >= 4 is 17.5 Å². The average Bonchev–Trinajstić information content (AvgIpc) is 2.85. The van der Waals surface area contributed by atoms with Crippen LogP contribution in [-0.2, 0) is 6.18 Å². The lowest BCUT2D eigenvalue weighted by molar-refractivity contribution is -0.137. The highest BCUT2D eigenvalue weighted by Crippen LogP contribution is 2.35. The van der Waals surface area contributed by atoms with Crippen LogP contribution >= 0.6 is 0 Å². The molecule has 2 aromatic carbocycles. The number of nitrogens with two attached hydrogens (primary N) is 1. The van der Waals surface area contributed by atoms with Crippen LogP contribution < -0.4 is 20.5 Å². The molecule has 0 saturated heterocycles. The van der Waals surface area contributed by atoms with Gasteiger partial charge in [-0.1, -0.05) is 6.42 Å². The topological polar surface area (TPSA) is 104 Å². The Morgan fingerprint density at radius 1 is 0.944 bits per heavy atom. The van der Waals surface area contributed by atoms with Crippen molar-refractivity contribution in [2.75, 3.05) is 5.32 Å². The number of aromatic nitrogens is 1. The number of anilines is 1. The summed E-state index contributed by atoms with van der Waals surface area (Å²) in [6.07, 6.45) is 2.23. The van der Waals surface area contributed by atoms with E-state index in [9.17, 15) is 22.8 Å². The minimum atomic E-state index is -4.67. The van der Waals surface area contributed by atoms with E-state index in [1.54, 1.807) is 24.3 Å². The van der Waals surface area contributed by atoms with Crippen LogP contribution in [0, 0.1) is 0 Å². The first-order chi connectivity index (χ1) is 17.2. The molecule has 1 fully saturated rings. The maximum atomic E-state index is 13.3. The third-order valence-corrected chi connectivity index (χ3v) is 5.73. The number of carbonyl (C=O) groups excluding carboxylic acids is 2. The Morgan fingerprint density at radius 3 is 2.31 bits per heavy atom. The Balaban J connectivity index is 1.56. The highest BCUT2D eigenvalue weighted by Gasteiger charge is 2.32. The molecule has 2 amide bonds. The summed E-state index contributed by atoms with van der Waals surface area (Å²) in [6, 6.07) is 11.9. The van der Waals surface area contributed by atoms with E-state index in [1.807, 2.05) is 0 Å². The third-order valence-electron chi connectivity index (χ3n) is 5.73. The van der Waals surface area contributed by atoms with Gasteiger partial charge in [0.1, 0.15) is 22.9 Å². The molecule has 0 bridgehead atoms. The van der Waals surface area contributed by atoms with Gasteiger partial charge in [0.15, 0.2) is 0 Å². The predicted molar refractivity (Wildman–Crippen MR) is 126 cm³/mol. The normalized spacial score (nSPS) is 14.2. The number of amides is 2. The highest BCUT2D eigenvalue weighted by molar-refractivity contribution is 6.06. The number of halogens is 3. The van der Waals surface area contributed by atoms with E-state index in [0.717, 1.165) is 37.8 Å². The Labute approximate surface area is 205 Å². The largest absolute Gasteiger partial charge is 0.490 e. The number of hydrogen-bond donors (Lipinski definition) is 2. The van der Waals surface area contributed by atoms with Crippen LogP contribution in [-0.4, -0.2) is 22.9 Å². The molecule has 0 radical (unpaired) electrons. The highest BCUT2D eigenvalue weighted by atomic mass is 19.4. The molecule has 0 unspecified atom stereocenters. The van der Waals surface area contributed by atoms with Gasteiger partial charge < -0.3 is 20.5 Å². The summed E-state index contributed by atoms with van der Waals surface area (Å²) in [4.78, 5) is 28.1. The van der Waals surface area contributed by atoms with Gasteiger partial charge in [0.05, 0.1) is 17.2 Å². The van der Waals surface area contributed by atoms with Crippen molar-refractivity contribution in [1.82, 2.24) is 4.98 Å². The standard InChI is InChI=1S/C26H24F3N3O4/c27-26(28,29)16-6-11-23(21(14-16)25(34)32-17-12-13-31-22(15-17)24(30)33)36-20-9-7-19(8-10-20)35-18-4-2-1-3-5-18/h6-15,18H,1-5H2,(H2,30,33)(H,31,32,34). The van der Waals surface area contributed by atoms with E-state index in [-0.39, 0.29) is 28.8 Å². The molecule has 1 heterocycles. The number of pyridine rings is 1. The molecular weight excluding hydrogens is 475 g/mol. The van der Waals surface area contributed by atoms with E-state index < -0.39 is 23.6 Å². The fourth-order valence-corrected chi connectivity index (χ4v) is 3.90. The molecule has 1 aliphatic rings. The van der Waals surface area contributed by atoms with Crippen molar-refractivity contribution in [2.45, 2.75) is 44.4 Å². The number of nitrogens with zero attached hydrogens (tertiary/aromatic N) is 1. The lowest BCUT2D eigenvalue weighted by Crippen LogP contribution is -2.19. The number of nitrogens with one attached hydrogen (secondary N) is 1. The minimum Gasteiger partial charge on any atom is -0.490 e. The van der Waals surface area contributed by atoms with Crippen LogP contribution in [0.25, 0.3) is 0 Å². The summed E-state index contributed by atoms with van der Waals surface area (Å²) in [5, 5.41) is 2.46. The number of carbonyl (C=O) groups is 2. The van der Waals surface area contributed by atoms with E-state index in [4.69, 9.17) is 15.2 Å². The Bertz CT molecular complexity index is 1240. The van der Waals surface area contributed by atoms with Crippen molar-refractivity contribution in [3.8, 4) is 17.2 Å². The maximum absolute atomic E-state index is 13.3. The first-order valence-electron chi connectivity index (χ1n) is 11.4. The Hall–Kier alpha value is -4.08. The predicted octanol–water partition coefficient (Wildman–Crippen LogP) is 5.96. The number of benzene rings is 2. The fourth-order valence-electron chi connectivity index (χ4n) is 3.90. The van der Waals surface area contributed by atoms with Gasteiger partial charge in [0.2, 0.25) is 0 Å². The lowest BCUT2D eigenvalue weighted by atomic mass is 9.98. The van der Waals surface area contributed by atoms with Crippen LogP contribution in [0.1, 0.15) is 58.5 Å².